The van der Waals surface area contributed by atoms with Crippen molar-refractivity contribution in [1.82, 2.24) is 34.6 Å². The predicted molar refractivity (Wildman–Crippen MR) is 100 cm³/mol. The van der Waals surface area contributed by atoms with Gasteiger partial charge in [-0.1, -0.05) is 20.8 Å². The van der Waals surface area contributed by atoms with E-state index in [0.29, 0.717) is 23.0 Å². The minimum absolute atomic E-state index is 0.0718. The van der Waals surface area contributed by atoms with E-state index in [1.807, 2.05) is 20.8 Å². The summed E-state index contributed by atoms with van der Waals surface area (Å²) in [5, 5.41) is 16.0. The second-order valence-electron chi connectivity index (χ2n) is 7.70. The Kier molecular flexibility index (Phi) is 4.67. The van der Waals surface area contributed by atoms with Crippen LogP contribution in [0.1, 0.15) is 32.2 Å². The number of rotatable bonds is 4. The minimum Gasteiger partial charge on any atom is -0.468 e. The van der Waals surface area contributed by atoms with Crippen molar-refractivity contribution in [2.24, 2.45) is 7.05 Å². The van der Waals surface area contributed by atoms with E-state index in [9.17, 15) is 13.2 Å². The van der Waals surface area contributed by atoms with Gasteiger partial charge in [0.1, 0.15) is 18.8 Å². The van der Waals surface area contributed by atoms with Crippen LogP contribution in [0.3, 0.4) is 0 Å². The van der Waals surface area contributed by atoms with Gasteiger partial charge in [0.05, 0.1) is 17.3 Å². The molecule has 3 aromatic heterocycles. The molecule has 0 fully saturated rings. The normalized spacial score (nSPS) is 12.0. The van der Waals surface area contributed by atoms with Gasteiger partial charge in [-0.2, -0.15) is 10.2 Å². The Labute approximate surface area is 169 Å². The highest BCUT2D eigenvalue weighted by Gasteiger charge is 2.29. The van der Waals surface area contributed by atoms with Crippen molar-refractivity contribution in [3.63, 3.8) is 0 Å². The van der Waals surface area contributed by atoms with E-state index in [2.05, 4.69) is 25.4 Å². The fourth-order valence-electron chi connectivity index (χ4n) is 3.15. The zero-order chi connectivity index (χ0) is 21.6. The number of aryl methyl sites for hydroxylation is 1. The predicted octanol–water partition coefficient (Wildman–Crippen LogP) is 3.21. The Balaban J connectivity index is 1.91. The van der Waals surface area contributed by atoms with Gasteiger partial charge >= 0.3 is 0 Å². The van der Waals surface area contributed by atoms with Gasteiger partial charge < -0.3 is 4.74 Å². The molecule has 3 heterocycles. The van der Waals surface area contributed by atoms with Crippen LogP contribution in [0, 0.1) is 17.5 Å². The van der Waals surface area contributed by atoms with Crippen LogP contribution >= 0.6 is 0 Å². The highest BCUT2D eigenvalue weighted by atomic mass is 19.2. The third kappa shape index (κ3) is 3.25. The number of ether oxygens (including phenoxy) is 1. The fraction of sp³-hybridized carbons (Fsp3) is 0.316. The number of aromatic nitrogens is 7. The maximum atomic E-state index is 14.4. The van der Waals surface area contributed by atoms with E-state index >= 15 is 0 Å². The molecular formula is C19H18F3N7O. The molecule has 0 atom stereocenters. The molecule has 0 aliphatic carbocycles. The molecule has 0 radical (unpaired) electrons. The molecule has 0 saturated heterocycles. The average molecular weight is 417 g/mol. The number of nitrogens with zero attached hydrogens (tertiary/aromatic N) is 7. The second-order valence-corrected chi connectivity index (χ2v) is 7.70. The maximum absolute atomic E-state index is 14.4. The largest absolute Gasteiger partial charge is 0.468 e. The molecule has 156 valence electrons. The van der Waals surface area contributed by atoms with Crippen molar-refractivity contribution in [1.29, 1.82) is 0 Å². The topological polar surface area (TPSA) is 83.0 Å². The quantitative estimate of drug-likeness (QED) is 0.474. The Morgan fingerprint density at radius 1 is 1.10 bits per heavy atom. The van der Waals surface area contributed by atoms with E-state index in [-0.39, 0.29) is 18.3 Å². The summed E-state index contributed by atoms with van der Waals surface area (Å²) >= 11 is 0. The summed E-state index contributed by atoms with van der Waals surface area (Å²) in [6.07, 6.45) is 2.82. The van der Waals surface area contributed by atoms with Crippen LogP contribution in [0.15, 0.2) is 24.7 Å². The van der Waals surface area contributed by atoms with Crippen molar-refractivity contribution in [3.05, 3.63) is 53.5 Å². The molecule has 0 bridgehead atoms. The average Bonchev–Trinajstić information content (AvgIpc) is 3.26. The summed E-state index contributed by atoms with van der Waals surface area (Å²) in [4.78, 5) is 4.10. The van der Waals surface area contributed by atoms with Crippen molar-refractivity contribution in [2.75, 3.05) is 0 Å². The molecule has 4 aromatic rings. The number of hydrogen-bond donors (Lipinski definition) is 0. The standard InChI is InChI=1S/C19H18F3N7O/c1-19(2,3)15-12-7-24-26-17(14-10(20)5-6-11(21)16(14)22)29(12)27-18(15)30-8-13-23-9-25-28(13)4/h5-7,9H,8H2,1-4H3. The van der Waals surface area contributed by atoms with Crippen LogP contribution in [0.2, 0.25) is 0 Å². The first kappa shape index (κ1) is 19.8. The molecule has 11 heteroatoms. The molecule has 0 spiro atoms. The lowest BCUT2D eigenvalue weighted by Crippen LogP contribution is -2.14. The lowest BCUT2D eigenvalue weighted by atomic mass is 9.88. The number of halogens is 3. The van der Waals surface area contributed by atoms with E-state index in [0.717, 1.165) is 6.07 Å². The van der Waals surface area contributed by atoms with Crippen LogP contribution < -0.4 is 4.74 Å². The van der Waals surface area contributed by atoms with Crippen LogP contribution in [0.5, 0.6) is 5.88 Å². The first-order chi connectivity index (χ1) is 14.2. The number of fused-ring (bicyclic) bond motifs is 1. The first-order valence-corrected chi connectivity index (χ1v) is 9.03. The summed E-state index contributed by atoms with van der Waals surface area (Å²) in [7, 11) is 1.72. The third-order valence-electron chi connectivity index (χ3n) is 4.58. The first-order valence-electron chi connectivity index (χ1n) is 9.03. The molecule has 0 unspecified atom stereocenters. The van der Waals surface area contributed by atoms with Crippen LogP contribution in [0.25, 0.3) is 16.9 Å². The van der Waals surface area contributed by atoms with Gasteiger partial charge in [0.25, 0.3) is 0 Å². The highest BCUT2D eigenvalue weighted by molar-refractivity contribution is 5.67. The van der Waals surface area contributed by atoms with Gasteiger partial charge in [-0.15, -0.1) is 10.2 Å². The van der Waals surface area contributed by atoms with E-state index in [1.54, 1.807) is 11.7 Å². The van der Waals surface area contributed by atoms with E-state index in [1.165, 1.54) is 17.0 Å². The monoisotopic (exact) mass is 417 g/mol. The molecule has 0 aliphatic heterocycles. The van der Waals surface area contributed by atoms with Crippen molar-refractivity contribution in [2.45, 2.75) is 32.8 Å². The third-order valence-corrected chi connectivity index (χ3v) is 4.58. The second kappa shape index (κ2) is 7.08. The SMILES string of the molecule is Cn1ncnc1COc1nn2c(-c3c(F)ccc(F)c3F)nncc2c1C(C)(C)C. The Bertz CT molecular complexity index is 1240. The molecule has 0 aliphatic rings. The van der Waals surface area contributed by atoms with Crippen LogP contribution in [-0.2, 0) is 19.1 Å². The zero-order valence-electron chi connectivity index (χ0n) is 16.7. The zero-order valence-corrected chi connectivity index (χ0v) is 16.7. The van der Waals surface area contributed by atoms with E-state index in [4.69, 9.17) is 4.74 Å². The Hall–Kier alpha value is -3.50. The van der Waals surface area contributed by atoms with Gasteiger partial charge in [0.15, 0.2) is 23.3 Å². The molecule has 4 rings (SSSR count). The molecule has 30 heavy (non-hydrogen) atoms. The van der Waals surface area contributed by atoms with Gasteiger partial charge in [0, 0.05) is 12.6 Å². The Morgan fingerprint density at radius 3 is 2.50 bits per heavy atom. The van der Waals surface area contributed by atoms with Crippen LogP contribution in [-0.4, -0.2) is 34.6 Å². The maximum Gasteiger partial charge on any atom is 0.238 e. The smallest absolute Gasteiger partial charge is 0.238 e. The molecule has 1 aromatic carbocycles. The Morgan fingerprint density at radius 2 is 1.83 bits per heavy atom. The highest BCUT2D eigenvalue weighted by Crippen LogP contribution is 2.36. The summed E-state index contributed by atoms with van der Waals surface area (Å²) in [5.41, 5.74) is -0.0338. The molecule has 0 N–H and O–H groups in total. The van der Waals surface area contributed by atoms with E-state index < -0.39 is 28.4 Å². The fourth-order valence-corrected chi connectivity index (χ4v) is 3.15. The van der Waals surface area contributed by atoms with Gasteiger partial charge in [0.2, 0.25) is 5.88 Å². The summed E-state index contributed by atoms with van der Waals surface area (Å²) < 4.78 is 51.2. The summed E-state index contributed by atoms with van der Waals surface area (Å²) in [5.74, 6) is -3.05. The van der Waals surface area contributed by atoms with Gasteiger partial charge in [-0.05, 0) is 17.5 Å². The lowest BCUT2D eigenvalue weighted by molar-refractivity contribution is 0.270. The number of benzene rings is 1. The molecule has 8 nitrogen and oxygen atoms in total. The van der Waals surface area contributed by atoms with Crippen molar-refractivity contribution >= 4 is 5.52 Å². The van der Waals surface area contributed by atoms with Gasteiger partial charge in [-0.3, -0.25) is 4.68 Å². The lowest BCUT2D eigenvalue weighted by Gasteiger charge is -2.18. The molecule has 0 saturated carbocycles. The summed E-state index contributed by atoms with van der Waals surface area (Å²) in [6.45, 7) is 5.87. The van der Waals surface area contributed by atoms with Crippen molar-refractivity contribution in [3.8, 4) is 17.3 Å². The molecular weight excluding hydrogens is 399 g/mol. The molecule has 0 amide bonds. The van der Waals surface area contributed by atoms with Crippen molar-refractivity contribution < 1.29 is 17.9 Å². The van der Waals surface area contributed by atoms with Gasteiger partial charge in [-0.25, -0.2) is 22.7 Å². The van der Waals surface area contributed by atoms with Crippen LogP contribution in [0.4, 0.5) is 13.2 Å². The summed E-state index contributed by atoms with van der Waals surface area (Å²) in [6, 6.07) is 1.54. The minimum atomic E-state index is -1.37. The number of hydrogen-bond acceptors (Lipinski definition) is 6.